The van der Waals surface area contributed by atoms with Gasteiger partial charge in [0.2, 0.25) is 7.29 Å². The lowest BCUT2D eigenvalue weighted by molar-refractivity contribution is 0.568. The van der Waals surface area contributed by atoms with E-state index >= 15 is 0 Å². The fraction of sp³-hybridized carbons (Fsp3) is 0.278. The minimum atomic E-state index is -3.04. The average Bonchev–Trinajstić information content (AvgIpc) is 2.53. The number of amidine groups is 1. The lowest BCUT2D eigenvalue weighted by atomic mass is 10.2. The molecular weight excluding hydrogens is 291 g/mol. The largest absolute Gasteiger partial charge is 0.366 e. The summed E-state index contributed by atoms with van der Waals surface area (Å²) in [6.07, 6.45) is 0. The first-order chi connectivity index (χ1) is 10.4. The van der Waals surface area contributed by atoms with E-state index in [4.69, 9.17) is 4.76 Å². The molecule has 0 bridgehead atoms. The number of hydrogen-bond donors (Lipinski definition) is 0. The van der Waals surface area contributed by atoms with E-state index in [9.17, 15) is 4.57 Å². The summed E-state index contributed by atoms with van der Waals surface area (Å²) in [7, 11) is 0.846. The highest BCUT2D eigenvalue weighted by atomic mass is 31.2. The van der Waals surface area contributed by atoms with Gasteiger partial charge < -0.3 is 4.90 Å². The maximum Gasteiger partial charge on any atom is 0.249 e. The summed E-state index contributed by atoms with van der Waals surface area (Å²) < 4.78 is 18.6. The minimum absolute atomic E-state index is 0.204. The van der Waals surface area contributed by atoms with Crippen LogP contribution in [0.15, 0.2) is 65.4 Å². The van der Waals surface area contributed by atoms with Crippen LogP contribution in [0.2, 0.25) is 0 Å². The molecule has 0 aromatic heterocycles. The van der Waals surface area contributed by atoms with Crippen LogP contribution in [0.5, 0.6) is 0 Å². The van der Waals surface area contributed by atoms with Crippen LogP contribution in [0.25, 0.3) is 0 Å². The normalized spacial score (nSPS) is 12.5. The molecule has 2 rings (SSSR count). The SMILES string of the molecule is CC(C)C(=NP(=O)(c1ccccc1)c1ccccc1)N(C)C. The van der Waals surface area contributed by atoms with E-state index in [1.165, 1.54) is 0 Å². The highest BCUT2D eigenvalue weighted by Gasteiger charge is 2.28. The van der Waals surface area contributed by atoms with Crippen LogP contribution in [0.3, 0.4) is 0 Å². The Morgan fingerprint density at radius 3 is 1.64 bits per heavy atom. The lowest BCUT2D eigenvalue weighted by Crippen LogP contribution is -2.28. The van der Waals surface area contributed by atoms with Gasteiger partial charge in [0, 0.05) is 30.6 Å². The Balaban J connectivity index is 2.67. The molecule has 0 N–H and O–H groups in total. The van der Waals surface area contributed by atoms with Gasteiger partial charge in [-0.1, -0.05) is 50.2 Å². The van der Waals surface area contributed by atoms with Gasteiger partial charge in [0.15, 0.2) is 0 Å². The van der Waals surface area contributed by atoms with E-state index in [0.29, 0.717) is 0 Å². The molecule has 116 valence electrons. The Kier molecular flexibility index (Phi) is 5.20. The third-order valence-corrected chi connectivity index (χ3v) is 5.91. The van der Waals surface area contributed by atoms with Crippen molar-refractivity contribution in [3.05, 3.63) is 60.7 Å². The molecule has 0 atom stereocenters. The number of nitrogens with zero attached hydrogens (tertiary/aromatic N) is 2. The average molecular weight is 314 g/mol. The summed E-state index contributed by atoms with van der Waals surface area (Å²) in [5.41, 5.74) is 0. The second kappa shape index (κ2) is 6.93. The topological polar surface area (TPSA) is 32.7 Å². The van der Waals surface area contributed by atoms with Gasteiger partial charge in [0.05, 0.1) is 0 Å². The van der Waals surface area contributed by atoms with Crippen molar-refractivity contribution < 1.29 is 4.57 Å². The highest BCUT2D eigenvalue weighted by molar-refractivity contribution is 7.77. The van der Waals surface area contributed by atoms with Crippen LogP contribution >= 0.6 is 7.29 Å². The molecule has 3 nitrogen and oxygen atoms in total. The maximum atomic E-state index is 13.8. The Bertz CT molecular complexity index is 625. The molecule has 0 saturated carbocycles. The molecule has 0 aliphatic heterocycles. The van der Waals surface area contributed by atoms with Gasteiger partial charge in [-0.25, -0.2) is 4.76 Å². The van der Waals surface area contributed by atoms with Gasteiger partial charge in [-0.15, -0.1) is 0 Å². The quantitative estimate of drug-likeness (QED) is 0.491. The molecule has 22 heavy (non-hydrogen) atoms. The molecule has 0 unspecified atom stereocenters. The van der Waals surface area contributed by atoms with E-state index in [0.717, 1.165) is 16.4 Å². The van der Waals surface area contributed by atoms with Crippen molar-refractivity contribution >= 4 is 23.7 Å². The van der Waals surface area contributed by atoms with Gasteiger partial charge in [0.25, 0.3) is 0 Å². The Labute approximate surface area is 133 Å². The van der Waals surface area contributed by atoms with Crippen LogP contribution in [0.1, 0.15) is 13.8 Å². The first-order valence-electron chi connectivity index (χ1n) is 7.44. The highest BCUT2D eigenvalue weighted by Crippen LogP contribution is 2.45. The minimum Gasteiger partial charge on any atom is -0.366 e. The summed E-state index contributed by atoms with van der Waals surface area (Å²) in [6.45, 7) is 4.14. The fourth-order valence-corrected chi connectivity index (χ4v) is 4.77. The number of benzene rings is 2. The summed E-state index contributed by atoms with van der Waals surface area (Å²) in [5.74, 6) is 1.05. The van der Waals surface area contributed by atoms with Crippen molar-refractivity contribution in [1.29, 1.82) is 0 Å². The van der Waals surface area contributed by atoms with Gasteiger partial charge in [-0.05, 0) is 24.3 Å². The van der Waals surface area contributed by atoms with Crippen LogP contribution in [-0.4, -0.2) is 24.8 Å². The van der Waals surface area contributed by atoms with Gasteiger partial charge >= 0.3 is 0 Å². The number of hydrogen-bond acceptors (Lipinski definition) is 1. The van der Waals surface area contributed by atoms with Crippen LogP contribution in [0.4, 0.5) is 0 Å². The van der Waals surface area contributed by atoms with Crippen molar-refractivity contribution in [2.75, 3.05) is 14.1 Å². The molecule has 0 spiro atoms. The molecule has 0 aliphatic rings. The standard InChI is InChI=1S/C18H23N2OP/c1-15(2)18(20(3)4)19-22(21,16-11-7-5-8-12-16)17-13-9-6-10-14-17/h5-15H,1-4H3. The zero-order chi connectivity index (χ0) is 16.2. The predicted octanol–water partition coefficient (Wildman–Crippen LogP) is 3.53. The lowest BCUT2D eigenvalue weighted by Gasteiger charge is -2.23. The summed E-state index contributed by atoms with van der Waals surface area (Å²) in [5, 5.41) is 1.53. The zero-order valence-corrected chi connectivity index (χ0v) is 14.5. The molecule has 0 heterocycles. The molecular formula is C18H23N2OP. The predicted molar refractivity (Wildman–Crippen MR) is 95.7 cm³/mol. The van der Waals surface area contributed by atoms with E-state index < -0.39 is 7.29 Å². The molecule has 0 aliphatic carbocycles. The first kappa shape index (κ1) is 16.5. The van der Waals surface area contributed by atoms with Crippen LogP contribution in [-0.2, 0) is 4.57 Å². The zero-order valence-electron chi connectivity index (χ0n) is 13.6. The second-order valence-corrected chi connectivity index (χ2v) is 8.14. The Morgan fingerprint density at radius 2 is 1.32 bits per heavy atom. The molecule has 0 saturated heterocycles. The van der Waals surface area contributed by atoms with Crippen molar-refractivity contribution in [1.82, 2.24) is 4.90 Å². The van der Waals surface area contributed by atoms with Gasteiger partial charge in [-0.2, -0.15) is 0 Å². The van der Waals surface area contributed by atoms with Crippen LogP contribution < -0.4 is 10.6 Å². The maximum absolute atomic E-state index is 13.8. The van der Waals surface area contributed by atoms with E-state index in [-0.39, 0.29) is 5.92 Å². The van der Waals surface area contributed by atoms with Crippen molar-refractivity contribution in [2.24, 2.45) is 10.7 Å². The summed E-state index contributed by atoms with van der Waals surface area (Å²) in [4.78, 5) is 1.95. The fourth-order valence-electron chi connectivity index (χ4n) is 2.39. The monoisotopic (exact) mass is 314 g/mol. The Morgan fingerprint density at radius 1 is 0.909 bits per heavy atom. The number of rotatable bonds is 4. The summed E-state index contributed by atoms with van der Waals surface area (Å²) in [6, 6.07) is 19.1. The second-order valence-electron chi connectivity index (χ2n) is 5.75. The van der Waals surface area contributed by atoms with E-state index in [2.05, 4.69) is 13.8 Å². The van der Waals surface area contributed by atoms with E-state index in [1.807, 2.05) is 79.7 Å². The summed E-state index contributed by atoms with van der Waals surface area (Å²) >= 11 is 0. The third kappa shape index (κ3) is 3.48. The van der Waals surface area contributed by atoms with Crippen molar-refractivity contribution in [3.63, 3.8) is 0 Å². The van der Waals surface area contributed by atoms with Crippen molar-refractivity contribution in [3.8, 4) is 0 Å². The van der Waals surface area contributed by atoms with Gasteiger partial charge in [-0.3, -0.25) is 4.57 Å². The van der Waals surface area contributed by atoms with E-state index in [1.54, 1.807) is 0 Å². The molecule has 2 aromatic carbocycles. The van der Waals surface area contributed by atoms with Crippen molar-refractivity contribution in [2.45, 2.75) is 13.8 Å². The molecule has 0 fully saturated rings. The first-order valence-corrected chi connectivity index (χ1v) is 9.10. The molecule has 0 amide bonds. The smallest absolute Gasteiger partial charge is 0.249 e. The molecule has 4 heteroatoms. The third-order valence-electron chi connectivity index (χ3n) is 3.43. The Hall–Kier alpha value is -1.86. The molecule has 0 radical (unpaired) electrons. The van der Waals surface area contributed by atoms with Gasteiger partial charge in [0.1, 0.15) is 5.84 Å². The van der Waals surface area contributed by atoms with Crippen LogP contribution in [0, 0.1) is 5.92 Å². The molecule has 2 aromatic rings.